The normalized spacial score (nSPS) is 10.9. The molecular weight excluding hydrogens is 222 g/mol. The Morgan fingerprint density at radius 2 is 2.00 bits per heavy atom. The first-order chi connectivity index (χ1) is 8.49. The summed E-state index contributed by atoms with van der Waals surface area (Å²) in [6.07, 6.45) is 2.18. The largest absolute Gasteiger partial charge is 0.315 e. The van der Waals surface area contributed by atoms with Gasteiger partial charge in [-0.2, -0.15) is 0 Å². The molecule has 0 aromatic heterocycles. The van der Waals surface area contributed by atoms with Gasteiger partial charge < -0.3 is 5.32 Å². The number of ketones is 1. The number of carbonyl (C=O) groups is 1. The molecule has 0 spiro atoms. The molecule has 0 aliphatic carbocycles. The van der Waals surface area contributed by atoms with Crippen molar-refractivity contribution in [1.29, 1.82) is 0 Å². The van der Waals surface area contributed by atoms with Gasteiger partial charge in [0, 0.05) is 18.9 Å². The molecule has 0 aliphatic heterocycles. The van der Waals surface area contributed by atoms with Gasteiger partial charge >= 0.3 is 0 Å². The van der Waals surface area contributed by atoms with Crippen LogP contribution < -0.4 is 5.32 Å². The molecule has 1 aromatic carbocycles. The van der Waals surface area contributed by atoms with Crippen LogP contribution in [0.3, 0.4) is 0 Å². The van der Waals surface area contributed by atoms with Crippen LogP contribution in [0.4, 0.5) is 0 Å². The maximum Gasteiger partial charge on any atom is 0.137 e. The summed E-state index contributed by atoms with van der Waals surface area (Å²) in [6.45, 7) is 9.31. The smallest absolute Gasteiger partial charge is 0.137 e. The number of hydrogen-bond acceptors (Lipinski definition) is 2. The van der Waals surface area contributed by atoms with Gasteiger partial charge in [-0.25, -0.2) is 0 Å². The Hall–Kier alpha value is -1.15. The Bertz CT molecular complexity index is 396. The van der Waals surface area contributed by atoms with Crippen LogP contribution in [0.15, 0.2) is 18.2 Å². The maximum absolute atomic E-state index is 11.9. The summed E-state index contributed by atoms with van der Waals surface area (Å²) >= 11 is 0. The van der Waals surface area contributed by atoms with Gasteiger partial charge in [0.05, 0.1) is 0 Å². The lowest BCUT2D eigenvalue weighted by Gasteiger charge is -2.08. The highest BCUT2D eigenvalue weighted by atomic mass is 16.1. The fourth-order valence-corrected chi connectivity index (χ4v) is 1.97. The van der Waals surface area contributed by atoms with Crippen LogP contribution in [0.25, 0.3) is 0 Å². The van der Waals surface area contributed by atoms with Crippen molar-refractivity contribution in [2.24, 2.45) is 0 Å². The highest BCUT2D eigenvalue weighted by Crippen LogP contribution is 2.12. The molecule has 0 saturated carbocycles. The van der Waals surface area contributed by atoms with E-state index >= 15 is 0 Å². The molecule has 0 fully saturated rings. The zero-order chi connectivity index (χ0) is 13.5. The monoisotopic (exact) mass is 247 g/mol. The molecule has 0 aliphatic rings. The molecule has 1 N–H and O–H groups in total. The molecule has 0 heterocycles. The summed E-state index contributed by atoms with van der Waals surface area (Å²) in [5, 5.41) is 3.33. The van der Waals surface area contributed by atoms with Crippen LogP contribution in [0.5, 0.6) is 0 Å². The SMILES string of the molecule is Cc1ccc(C)c(CC(=O)CCCNC(C)C)c1. The van der Waals surface area contributed by atoms with Gasteiger partial charge in [-0.05, 0) is 37.9 Å². The number of hydrogen-bond donors (Lipinski definition) is 1. The molecule has 0 atom stereocenters. The van der Waals surface area contributed by atoms with Gasteiger partial charge in [-0.3, -0.25) is 4.79 Å². The van der Waals surface area contributed by atoms with Gasteiger partial charge in [0.15, 0.2) is 0 Å². The Kier molecular flexibility index (Phi) is 6.06. The van der Waals surface area contributed by atoms with E-state index in [0.29, 0.717) is 24.7 Å². The summed E-state index contributed by atoms with van der Waals surface area (Å²) < 4.78 is 0. The maximum atomic E-state index is 11.9. The first-order valence-corrected chi connectivity index (χ1v) is 6.80. The Morgan fingerprint density at radius 3 is 2.67 bits per heavy atom. The van der Waals surface area contributed by atoms with Gasteiger partial charge in [-0.1, -0.05) is 37.6 Å². The highest BCUT2D eigenvalue weighted by molar-refractivity contribution is 5.81. The molecular formula is C16H25NO. The molecule has 0 unspecified atom stereocenters. The predicted molar refractivity (Wildman–Crippen MR) is 77.0 cm³/mol. The van der Waals surface area contributed by atoms with Crippen LogP contribution in [-0.2, 0) is 11.2 Å². The number of carbonyl (C=O) groups excluding carboxylic acids is 1. The summed E-state index contributed by atoms with van der Waals surface area (Å²) in [6, 6.07) is 6.81. The molecule has 1 rings (SSSR count). The number of rotatable bonds is 7. The number of aryl methyl sites for hydroxylation is 2. The molecule has 1 aromatic rings. The van der Waals surface area contributed by atoms with Crippen molar-refractivity contribution in [1.82, 2.24) is 5.32 Å². The zero-order valence-corrected chi connectivity index (χ0v) is 12.0. The number of nitrogens with one attached hydrogen (secondary N) is 1. The van der Waals surface area contributed by atoms with Crippen LogP contribution in [0.2, 0.25) is 0 Å². The van der Waals surface area contributed by atoms with E-state index in [2.05, 4.69) is 51.2 Å². The van der Waals surface area contributed by atoms with Crippen LogP contribution >= 0.6 is 0 Å². The van der Waals surface area contributed by atoms with E-state index in [9.17, 15) is 4.79 Å². The van der Waals surface area contributed by atoms with Crippen LogP contribution in [0, 0.1) is 13.8 Å². The lowest BCUT2D eigenvalue weighted by molar-refractivity contribution is -0.118. The average molecular weight is 247 g/mol. The van der Waals surface area contributed by atoms with Crippen molar-refractivity contribution < 1.29 is 4.79 Å². The fourth-order valence-electron chi connectivity index (χ4n) is 1.97. The van der Waals surface area contributed by atoms with Crippen molar-refractivity contribution in [2.45, 2.75) is 53.0 Å². The van der Waals surface area contributed by atoms with E-state index in [-0.39, 0.29) is 0 Å². The highest BCUT2D eigenvalue weighted by Gasteiger charge is 2.06. The fraction of sp³-hybridized carbons (Fsp3) is 0.562. The quantitative estimate of drug-likeness (QED) is 0.750. The van der Waals surface area contributed by atoms with Crippen molar-refractivity contribution >= 4 is 5.78 Å². The van der Waals surface area contributed by atoms with E-state index in [1.165, 1.54) is 16.7 Å². The third kappa shape index (κ3) is 5.46. The van der Waals surface area contributed by atoms with E-state index in [1.54, 1.807) is 0 Å². The third-order valence-corrected chi connectivity index (χ3v) is 3.08. The summed E-state index contributed by atoms with van der Waals surface area (Å²) in [5.41, 5.74) is 3.62. The number of benzene rings is 1. The second-order valence-electron chi connectivity index (χ2n) is 5.36. The molecule has 18 heavy (non-hydrogen) atoms. The Balaban J connectivity index is 2.38. The van der Waals surface area contributed by atoms with Crippen LogP contribution in [-0.4, -0.2) is 18.4 Å². The second-order valence-corrected chi connectivity index (χ2v) is 5.36. The van der Waals surface area contributed by atoms with Gasteiger partial charge in [0.25, 0.3) is 0 Å². The minimum Gasteiger partial charge on any atom is -0.315 e. The van der Waals surface area contributed by atoms with E-state index in [0.717, 1.165) is 13.0 Å². The van der Waals surface area contributed by atoms with Gasteiger partial charge in [0.2, 0.25) is 0 Å². The average Bonchev–Trinajstić information content (AvgIpc) is 2.29. The third-order valence-electron chi connectivity index (χ3n) is 3.08. The van der Waals surface area contributed by atoms with Crippen molar-refractivity contribution in [3.8, 4) is 0 Å². The molecule has 0 saturated heterocycles. The standard InChI is InChI=1S/C16H25NO/c1-12(2)17-9-5-6-16(18)11-15-10-13(3)7-8-14(15)4/h7-8,10,12,17H,5-6,9,11H2,1-4H3. The second kappa shape index (κ2) is 7.32. The minimum absolute atomic E-state index is 0.342. The topological polar surface area (TPSA) is 29.1 Å². The van der Waals surface area contributed by atoms with Gasteiger partial charge in [0.1, 0.15) is 5.78 Å². The van der Waals surface area contributed by atoms with Crippen LogP contribution in [0.1, 0.15) is 43.4 Å². The number of Topliss-reactive ketones (excluding diaryl/α,β-unsaturated/α-hetero) is 1. The van der Waals surface area contributed by atoms with Crippen molar-refractivity contribution in [2.75, 3.05) is 6.54 Å². The lowest BCUT2D eigenvalue weighted by Crippen LogP contribution is -2.24. The summed E-state index contributed by atoms with van der Waals surface area (Å²) in [4.78, 5) is 11.9. The van der Waals surface area contributed by atoms with E-state index < -0.39 is 0 Å². The van der Waals surface area contributed by atoms with Gasteiger partial charge in [-0.15, -0.1) is 0 Å². The molecule has 0 radical (unpaired) electrons. The molecule has 0 amide bonds. The Labute approximate surface area is 111 Å². The van der Waals surface area contributed by atoms with E-state index in [1.807, 2.05) is 0 Å². The summed E-state index contributed by atoms with van der Waals surface area (Å²) in [5.74, 6) is 0.342. The molecule has 2 nitrogen and oxygen atoms in total. The minimum atomic E-state index is 0.342. The lowest BCUT2D eigenvalue weighted by atomic mass is 9.99. The zero-order valence-electron chi connectivity index (χ0n) is 12.0. The van der Waals surface area contributed by atoms with Crippen molar-refractivity contribution in [3.05, 3.63) is 34.9 Å². The summed E-state index contributed by atoms with van der Waals surface area (Å²) in [7, 11) is 0. The van der Waals surface area contributed by atoms with Crippen molar-refractivity contribution in [3.63, 3.8) is 0 Å². The Morgan fingerprint density at radius 1 is 1.28 bits per heavy atom. The first-order valence-electron chi connectivity index (χ1n) is 6.80. The molecule has 0 bridgehead atoms. The van der Waals surface area contributed by atoms with E-state index in [4.69, 9.17) is 0 Å². The predicted octanol–water partition coefficient (Wildman–Crippen LogP) is 3.19. The molecule has 100 valence electrons. The molecule has 2 heteroatoms. The first kappa shape index (κ1) is 14.9.